The van der Waals surface area contributed by atoms with Gasteiger partial charge in [-0.15, -0.1) is 11.3 Å². The quantitative estimate of drug-likeness (QED) is 0.623. The molecule has 26 heavy (non-hydrogen) atoms. The lowest BCUT2D eigenvalue weighted by molar-refractivity contribution is -0.116. The summed E-state index contributed by atoms with van der Waals surface area (Å²) in [6.45, 7) is 0.462. The highest BCUT2D eigenvalue weighted by atomic mass is 32.1. The van der Waals surface area contributed by atoms with Crippen LogP contribution in [0.2, 0.25) is 0 Å². The summed E-state index contributed by atoms with van der Waals surface area (Å²) in [6, 6.07) is 16.6. The third kappa shape index (κ3) is 5.00. The van der Waals surface area contributed by atoms with Crippen molar-refractivity contribution in [2.24, 2.45) is 0 Å². The van der Waals surface area contributed by atoms with E-state index in [-0.39, 0.29) is 11.8 Å². The maximum Gasteiger partial charge on any atom is 0.251 e. The van der Waals surface area contributed by atoms with Crippen LogP contribution in [0.1, 0.15) is 23.2 Å². The molecule has 0 unspecified atom stereocenters. The highest BCUT2D eigenvalue weighted by molar-refractivity contribution is 7.13. The SMILES string of the molecule is O=C(CCCNC(=O)c1ccccc1)Nc1ccc(-c2nccs2)cc1. The molecule has 0 aliphatic heterocycles. The number of hydrogen-bond donors (Lipinski definition) is 2. The van der Waals surface area contributed by atoms with Crippen molar-refractivity contribution < 1.29 is 9.59 Å². The fourth-order valence-corrected chi connectivity index (χ4v) is 3.07. The Morgan fingerprint density at radius 2 is 1.77 bits per heavy atom. The summed E-state index contributed by atoms with van der Waals surface area (Å²) in [7, 11) is 0. The van der Waals surface area contributed by atoms with E-state index in [1.807, 2.05) is 47.8 Å². The van der Waals surface area contributed by atoms with E-state index >= 15 is 0 Å². The molecule has 3 rings (SSSR count). The van der Waals surface area contributed by atoms with Crippen molar-refractivity contribution in [3.05, 3.63) is 71.7 Å². The second-order valence-electron chi connectivity index (χ2n) is 5.69. The molecule has 5 nitrogen and oxygen atoms in total. The summed E-state index contributed by atoms with van der Waals surface area (Å²) in [4.78, 5) is 28.2. The van der Waals surface area contributed by atoms with Crippen LogP contribution in [-0.4, -0.2) is 23.3 Å². The van der Waals surface area contributed by atoms with Crippen molar-refractivity contribution in [3.63, 3.8) is 0 Å². The molecule has 0 spiro atoms. The van der Waals surface area contributed by atoms with Gasteiger partial charge in [0.25, 0.3) is 5.91 Å². The Morgan fingerprint density at radius 1 is 1.00 bits per heavy atom. The van der Waals surface area contributed by atoms with E-state index in [1.165, 1.54) is 0 Å². The van der Waals surface area contributed by atoms with Crippen LogP contribution in [0.3, 0.4) is 0 Å². The van der Waals surface area contributed by atoms with Crippen molar-refractivity contribution in [2.75, 3.05) is 11.9 Å². The van der Waals surface area contributed by atoms with E-state index in [9.17, 15) is 9.59 Å². The summed E-state index contributed by atoms with van der Waals surface area (Å²) >= 11 is 1.58. The number of amides is 2. The molecular weight excluding hydrogens is 346 g/mol. The second kappa shape index (κ2) is 8.92. The molecule has 1 heterocycles. The highest BCUT2D eigenvalue weighted by Gasteiger charge is 2.06. The molecule has 0 aliphatic carbocycles. The number of thiazole rings is 1. The van der Waals surface area contributed by atoms with E-state index < -0.39 is 0 Å². The Morgan fingerprint density at radius 3 is 2.46 bits per heavy atom. The molecule has 2 aromatic carbocycles. The first kappa shape index (κ1) is 17.8. The highest BCUT2D eigenvalue weighted by Crippen LogP contribution is 2.23. The van der Waals surface area contributed by atoms with Crippen LogP contribution in [-0.2, 0) is 4.79 Å². The van der Waals surface area contributed by atoms with Gasteiger partial charge in [-0.2, -0.15) is 0 Å². The molecule has 0 bridgehead atoms. The van der Waals surface area contributed by atoms with Gasteiger partial charge in [0.2, 0.25) is 5.91 Å². The van der Waals surface area contributed by atoms with Gasteiger partial charge in [0.05, 0.1) is 0 Å². The van der Waals surface area contributed by atoms with Crippen molar-refractivity contribution in [1.82, 2.24) is 10.3 Å². The maximum atomic E-state index is 12.0. The molecule has 0 atom stereocenters. The molecule has 132 valence electrons. The Labute approximate surface area is 156 Å². The summed E-state index contributed by atoms with van der Waals surface area (Å²) in [6.07, 6.45) is 2.71. The molecule has 1 aromatic heterocycles. The van der Waals surface area contributed by atoms with E-state index in [2.05, 4.69) is 15.6 Å². The van der Waals surface area contributed by atoms with E-state index in [1.54, 1.807) is 29.7 Å². The number of hydrogen-bond acceptors (Lipinski definition) is 4. The van der Waals surface area contributed by atoms with Gasteiger partial charge in [-0.3, -0.25) is 9.59 Å². The molecule has 0 saturated heterocycles. The Kier molecular flexibility index (Phi) is 6.11. The molecule has 2 amide bonds. The zero-order valence-corrected chi connectivity index (χ0v) is 15.0. The minimum absolute atomic E-state index is 0.0686. The average molecular weight is 365 g/mol. The summed E-state index contributed by atoms with van der Waals surface area (Å²) in [5, 5.41) is 8.57. The first-order valence-corrected chi connectivity index (χ1v) is 9.23. The number of carbonyl (C=O) groups is 2. The van der Waals surface area contributed by atoms with Gasteiger partial charge >= 0.3 is 0 Å². The van der Waals surface area contributed by atoms with Crippen LogP contribution >= 0.6 is 11.3 Å². The molecule has 3 aromatic rings. The van der Waals surface area contributed by atoms with Gasteiger partial charge < -0.3 is 10.6 Å². The van der Waals surface area contributed by atoms with Gasteiger partial charge in [-0.1, -0.05) is 18.2 Å². The molecule has 0 fully saturated rings. The predicted octanol–water partition coefficient (Wildman–Crippen LogP) is 3.96. The van der Waals surface area contributed by atoms with Crippen LogP contribution in [0.15, 0.2) is 66.2 Å². The van der Waals surface area contributed by atoms with Crippen molar-refractivity contribution >= 4 is 28.8 Å². The summed E-state index contributed by atoms with van der Waals surface area (Å²) in [5.41, 5.74) is 2.41. The second-order valence-corrected chi connectivity index (χ2v) is 6.58. The first-order chi connectivity index (χ1) is 12.7. The minimum Gasteiger partial charge on any atom is -0.352 e. The monoisotopic (exact) mass is 365 g/mol. The van der Waals surface area contributed by atoms with E-state index in [0.29, 0.717) is 24.9 Å². The van der Waals surface area contributed by atoms with Gasteiger partial charge in [0, 0.05) is 41.4 Å². The lowest BCUT2D eigenvalue weighted by atomic mass is 10.2. The van der Waals surface area contributed by atoms with Crippen LogP contribution in [0, 0.1) is 0 Å². The molecule has 0 saturated carbocycles. The number of nitrogens with zero attached hydrogens (tertiary/aromatic N) is 1. The fraction of sp³-hybridized carbons (Fsp3) is 0.150. The third-order valence-corrected chi connectivity index (χ3v) is 4.57. The van der Waals surface area contributed by atoms with Crippen LogP contribution in [0.25, 0.3) is 10.6 Å². The normalized spacial score (nSPS) is 10.3. The number of anilines is 1. The van der Waals surface area contributed by atoms with Crippen LogP contribution in [0.5, 0.6) is 0 Å². The Balaban J connectivity index is 1.39. The average Bonchev–Trinajstić information content (AvgIpc) is 3.21. The number of nitrogens with one attached hydrogen (secondary N) is 2. The van der Waals surface area contributed by atoms with Crippen molar-refractivity contribution in [2.45, 2.75) is 12.8 Å². The number of carbonyl (C=O) groups excluding carboxylic acids is 2. The Bertz CT molecular complexity index is 847. The fourth-order valence-electron chi connectivity index (χ4n) is 2.43. The zero-order valence-electron chi connectivity index (χ0n) is 14.1. The van der Waals surface area contributed by atoms with Gasteiger partial charge in [-0.05, 0) is 42.8 Å². The smallest absolute Gasteiger partial charge is 0.251 e. The molecule has 2 N–H and O–H groups in total. The first-order valence-electron chi connectivity index (χ1n) is 8.35. The lowest BCUT2D eigenvalue weighted by Gasteiger charge is -2.07. The van der Waals surface area contributed by atoms with Gasteiger partial charge in [0.15, 0.2) is 0 Å². The van der Waals surface area contributed by atoms with Crippen LogP contribution in [0.4, 0.5) is 5.69 Å². The molecule has 0 aliphatic rings. The maximum absolute atomic E-state index is 12.0. The standard InChI is InChI=1S/C20H19N3O2S/c24-18(7-4-12-21-19(25)15-5-2-1-3-6-15)23-17-10-8-16(9-11-17)20-22-13-14-26-20/h1-3,5-6,8-11,13-14H,4,7,12H2,(H,21,25)(H,23,24). The number of benzene rings is 2. The van der Waals surface area contributed by atoms with Gasteiger partial charge in [-0.25, -0.2) is 4.98 Å². The Hall–Kier alpha value is -2.99. The number of aromatic nitrogens is 1. The molecule has 6 heteroatoms. The summed E-state index contributed by atoms with van der Waals surface area (Å²) in [5.74, 6) is -0.190. The van der Waals surface area contributed by atoms with Crippen molar-refractivity contribution in [3.8, 4) is 10.6 Å². The largest absolute Gasteiger partial charge is 0.352 e. The lowest BCUT2D eigenvalue weighted by Crippen LogP contribution is -2.25. The minimum atomic E-state index is -0.121. The molecular formula is C20H19N3O2S. The van der Waals surface area contributed by atoms with E-state index in [4.69, 9.17) is 0 Å². The van der Waals surface area contributed by atoms with Crippen molar-refractivity contribution in [1.29, 1.82) is 0 Å². The third-order valence-electron chi connectivity index (χ3n) is 3.75. The van der Waals surface area contributed by atoms with Crippen LogP contribution < -0.4 is 10.6 Å². The predicted molar refractivity (Wildman–Crippen MR) is 104 cm³/mol. The number of rotatable bonds is 7. The van der Waals surface area contributed by atoms with Gasteiger partial charge in [0.1, 0.15) is 5.01 Å². The summed E-state index contributed by atoms with van der Waals surface area (Å²) < 4.78 is 0. The van der Waals surface area contributed by atoms with E-state index in [0.717, 1.165) is 16.3 Å². The zero-order chi connectivity index (χ0) is 18.2. The molecule has 0 radical (unpaired) electrons. The topological polar surface area (TPSA) is 71.1 Å².